The normalized spacial score (nSPS) is 11.0. The van der Waals surface area contributed by atoms with Crippen LogP contribution in [-0.2, 0) is 9.59 Å². The van der Waals surface area contributed by atoms with Gasteiger partial charge in [0.05, 0.1) is 18.8 Å². The van der Waals surface area contributed by atoms with Gasteiger partial charge in [-0.1, -0.05) is 13.3 Å². The number of hydrogen-bond donors (Lipinski definition) is 3. The van der Waals surface area contributed by atoms with Crippen LogP contribution in [0.3, 0.4) is 0 Å². The van der Waals surface area contributed by atoms with Crippen LogP contribution in [0.15, 0.2) is 18.2 Å². The van der Waals surface area contributed by atoms with E-state index in [-0.39, 0.29) is 24.2 Å². The van der Waals surface area contributed by atoms with Gasteiger partial charge in [-0.3, -0.25) is 9.59 Å². The maximum Gasteiger partial charge on any atom is 0.241 e. The minimum absolute atomic E-state index is 0. The summed E-state index contributed by atoms with van der Waals surface area (Å²) in [7, 11) is 1.50. The van der Waals surface area contributed by atoms with E-state index >= 15 is 0 Å². The Kier molecular flexibility index (Phi) is 8.42. The summed E-state index contributed by atoms with van der Waals surface area (Å²) in [5.74, 6) is 0.0493. The van der Waals surface area contributed by atoms with Gasteiger partial charge >= 0.3 is 0 Å². The zero-order chi connectivity index (χ0) is 15.1. The lowest BCUT2D eigenvalue weighted by atomic mass is 10.1. The van der Waals surface area contributed by atoms with E-state index in [9.17, 15) is 9.59 Å². The van der Waals surface area contributed by atoms with Crippen molar-refractivity contribution in [2.45, 2.75) is 32.7 Å². The zero-order valence-corrected chi connectivity index (χ0v) is 13.3. The highest BCUT2D eigenvalue weighted by Crippen LogP contribution is 2.28. The van der Waals surface area contributed by atoms with Gasteiger partial charge in [-0.25, -0.2) is 0 Å². The second kappa shape index (κ2) is 9.20. The highest BCUT2D eigenvalue weighted by atomic mass is 35.5. The Morgan fingerprint density at radius 3 is 2.52 bits per heavy atom. The molecule has 0 bridgehead atoms. The van der Waals surface area contributed by atoms with E-state index in [0.717, 1.165) is 6.42 Å². The first-order valence-electron chi connectivity index (χ1n) is 6.50. The summed E-state index contributed by atoms with van der Waals surface area (Å²) in [6, 6.07) is 4.47. The number of nitrogens with one attached hydrogen (secondary N) is 2. The molecular weight excluding hydrogens is 294 g/mol. The largest absolute Gasteiger partial charge is 0.494 e. The molecule has 0 aliphatic heterocycles. The standard InChI is InChI=1S/C14H21N3O3.ClH/c1-4-5-11(15)14(19)17-10-6-7-12(16-9(2)18)13(8-10)20-3;/h6-8,11H,4-5,15H2,1-3H3,(H,16,18)(H,17,19);1H. The van der Waals surface area contributed by atoms with Gasteiger partial charge in [0, 0.05) is 18.7 Å². The first-order valence-corrected chi connectivity index (χ1v) is 6.50. The summed E-state index contributed by atoms with van der Waals surface area (Å²) in [5.41, 5.74) is 6.87. The van der Waals surface area contributed by atoms with E-state index in [1.54, 1.807) is 18.2 Å². The number of rotatable bonds is 6. The van der Waals surface area contributed by atoms with Crippen LogP contribution in [0, 0.1) is 0 Å². The molecule has 0 saturated heterocycles. The molecule has 7 heteroatoms. The van der Waals surface area contributed by atoms with Crippen LogP contribution < -0.4 is 21.1 Å². The molecule has 118 valence electrons. The molecule has 0 aliphatic carbocycles. The van der Waals surface area contributed by atoms with Gasteiger partial charge in [-0.2, -0.15) is 0 Å². The first kappa shape index (κ1) is 19.2. The van der Waals surface area contributed by atoms with E-state index in [2.05, 4.69) is 10.6 Å². The predicted molar refractivity (Wildman–Crippen MR) is 86.1 cm³/mol. The third-order valence-corrected chi connectivity index (χ3v) is 2.72. The molecule has 21 heavy (non-hydrogen) atoms. The lowest BCUT2D eigenvalue weighted by molar-refractivity contribution is -0.117. The monoisotopic (exact) mass is 315 g/mol. The molecule has 0 aromatic heterocycles. The Balaban J connectivity index is 0.00000400. The Morgan fingerprint density at radius 1 is 1.33 bits per heavy atom. The third-order valence-electron chi connectivity index (χ3n) is 2.72. The van der Waals surface area contributed by atoms with Crippen molar-refractivity contribution >= 4 is 35.6 Å². The summed E-state index contributed by atoms with van der Waals surface area (Å²) < 4.78 is 5.18. The molecule has 1 unspecified atom stereocenters. The van der Waals surface area contributed by atoms with E-state index < -0.39 is 6.04 Å². The van der Waals surface area contributed by atoms with Crippen LogP contribution in [-0.4, -0.2) is 25.0 Å². The highest BCUT2D eigenvalue weighted by Gasteiger charge is 2.13. The van der Waals surface area contributed by atoms with Crippen LogP contribution in [0.2, 0.25) is 0 Å². The van der Waals surface area contributed by atoms with Gasteiger partial charge in [0.1, 0.15) is 5.75 Å². The topological polar surface area (TPSA) is 93.5 Å². The van der Waals surface area contributed by atoms with Gasteiger partial charge in [-0.15, -0.1) is 12.4 Å². The number of carbonyl (C=O) groups is 2. The zero-order valence-electron chi connectivity index (χ0n) is 12.4. The summed E-state index contributed by atoms with van der Waals surface area (Å²) in [5, 5.41) is 5.37. The number of hydrogen-bond acceptors (Lipinski definition) is 4. The van der Waals surface area contributed by atoms with Crippen molar-refractivity contribution in [2.75, 3.05) is 17.7 Å². The predicted octanol–water partition coefficient (Wildman–Crippen LogP) is 2.14. The second-order valence-corrected chi connectivity index (χ2v) is 4.48. The fourth-order valence-electron chi connectivity index (χ4n) is 1.74. The number of anilines is 2. The lowest BCUT2D eigenvalue weighted by Crippen LogP contribution is -2.35. The number of benzene rings is 1. The highest BCUT2D eigenvalue weighted by molar-refractivity contribution is 5.96. The maximum atomic E-state index is 11.8. The summed E-state index contributed by atoms with van der Waals surface area (Å²) in [6.45, 7) is 3.39. The molecule has 1 aromatic carbocycles. The first-order chi connectivity index (χ1) is 9.47. The lowest BCUT2D eigenvalue weighted by Gasteiger charge is -2.14. The second-order valence-electron chi connectivity index (χ2n) is 4.48. The number of amides is 2. The third kappa shape index (κ3) is 6.01. The molecule has 0 radical (unpaired) electrons. The molecule has 1 atom stereocenters. The molecular formula is C14H22ClN3O3. The molecule has 0 heterocycles. The van der Waals surface area contributed by atoms with Crippen molar-refractivity contribution < 1.29 is 14.3 Å². The van der Waals surface area contributed by atoms with Crippen molar-refractivity contribution in [1.82, 2.24) is 0 Å². The Bertz CT molecular complexity index is 494. The van der Waals surface area contributed by atoms with E-state index in [1.165, 1.54) is 14.0 Å². The van der Waals surface area contributed by atoms with Gasteiger partial charge < -0.3 is 21.1 Å². The quantitative estimate of drug-likeness (QED) is 0.749. The van der Waals surface area contributed by atoms with Crippen molar-refractivity contribution in [2.24, 2.45) is 5.73 Å². The van der Waals surface area contributed by atoms with E-state index in [4.69, 9.17) is 10.5 Å². The van der Waals surface area contributed by atoms with Crippen LogP contribution in [0.25, 0.3) is 0 Å². The Morgan fingerprint density at radius 2 is 2.00 bits per heavy atom. The molecule has 1 aromatic rings. The van der Waals surface area contributed by atoms with Crippen molar-refractivity contribution in [1.29, 1.82) is 0 Å². The number of nitrogens with two attached hydrogens (primary N) is 1. The van der Waals surface area contributed by atoms with Crippen molar-refractivity contribution in [3.8, 4) is 5.75 Å². The fourth-order valence-corrected chi connectivity index (χ4v) is 1.74. The van der Waals surface area contributed by atoms with Crippen molar-refractivity contribution in [3.63, 3.8) is 0 Å². The van der Waals surface area contributed by atoms with Crippen LogP contribution in [0.4, 0.5) is 11.4 Å². The summed E-state index contributed by atoms with van der Waals surface area (Å²) in [6.07, 6.45) is 1.48. The Hall–Kier alpha value is -1.79. The SMILES string of the molecule is CCCC(N)C(=O)Nc1ccc(NC(C)=O)c(OC)c1.Cl. The molecule has 0 spiro atoms. The summed E-state index contributed by atoms with van der Waals surface area (Å²) in [4.78, 5) is 22.9. The molecule has 0 fully saturated rings. The Labute approximate surface area is 130 Å². The van der Waals surface area contributed by atoms with E-state index in [0.29, 0.717) is 23.5 Å². The molecule has 4 N–H and O–H groups in total. The van der Waals surface area contributed by atoms with Gasteiger partial charge in [0.2, 0.25) is 11.8 Å². The molecule has 2 amide bonds. The average molecular weight is 316 g/mol. The van der Waals surface area contributed by atoms with Crippen molar-refractivity contribution in [3.05, 3.63) is 18.2 Å². The van der Waals surface area contributed by atoms with Crippen LogP contribution in [0.1, 0.15) is 26.7 Å². The average Bonchev–Trinajstić information content (AvgIpc) is 2.40. The fraction of sp³-hybridized carbons (Fsp3) is 0.429. The van der Waals surface area contributed by atoms with Gasteiger partial charge in [-0.05, 0) is 18.6 Å². The van der Waals surface area contributed by atoms with Crippen LogP contribution >= 0.6 is 12.4 Å². The molecule has 6 nitrogen and oxygen atoms in total. The minimum Gasteiger partial charge on any atom is -0.494 e. The smallest absolute Gasteiger partial charge is 0.241 e. The van der Waals surface area contributed by atoms with Crippen LogP contribution in [0.5, 0.6) is 5.75 Å². The van der Waals surface area contributed by atoms with Gasteiger partial charge in [0.25, 0.3) is 0 Å². The molecule has 1 rings (SSSR count). The summed E-state index contributed by atoms with van der Waals surface area (Å²) >= 11 is 0. The molecule has 0 saturated carbocycles. The van der Waals surface area contributed by atoms with Gasteiger partial charge in [0.15, 0.2) is 0 Å². The number of carbonyl (C=O) groups excluding carboxylic acids is 2. The maximum absolute atomic E-state index is 11.8. The number of halogens is 1. The number of ether oxygens (including phenoxy) is 1. The van der Waals surface area contributed by atoms with E-state index in [1.807, 2.05) is 6.92 Å². The minimum atomic E-state index is -0.527. The molecule has 0 aliphatic rings. The number of methoxy groups -OCH3 is 1.